The van der Waals surface area contributed by atoms with Crippen LogP contribution < -0.4 is 10.6 Å². The molecular formula is C14H26N2O3. The molecule has 0 radical (unpaired) electrons. The minimum Gasteiger partial charge on any atom is -0.481 e. The molecule has 1 aliphatic rings. The molecule has 1 aliphatic carbocycles. The second-order valence-corrected chi connectivity index (χ2v) is 5.79. The quantitative estimate of drug-likeness (QED) is 0.716. The summed E-state index contributed by atoms with van der Waals surface area (Å²) < 4.78 is 0. The summed E-state index contributed by atoms with van der Waals surface area (Å²) in [4.78, 5) is 22.5. The number of carbonyl (C=O) groups excluding carboxylic acids is 1. The van der Waals surface area contributed by atoms with Crippen molar-refractivity contribution in [2.45, 2.75) is 52.5 Å². The Morgan fingerprint density at radius 3 is 2.47 bits per heavy atom. The Hall–Kier alpha value is -1.26. The fourth-order valence-electron chi connectivity index (χ4n) is 2.52. The third-order valence-corrected chi connectivity index (χ3v) is 4.31. The van der Waals surface area contributed by atoms with Crippen LogP contribution in [0.1, 0.15) is 46.5 Å². The average molecular weight is 270 g/mol. The molecule has 19 heavy (non-hydrogen) atoms. The van der Waals surface area contributed by atoms with Gasteiger partial charge < -0.3 is 15.7 Å². The maximum atomic E-state index is 11.7. The lowest BCUT2D eigenvalue weighted by Crippen LogP contribution is -2.46. The zero-order valence-corrected chi connectivity index (χ0v) is 12.1. The molecule has 0 aromatic heterocycles. The van der Waals surface area contributed by atoms with E-state index in [1.807, 2.05) is 0 Å². The molecule has 0 aliphatic heterocycles. The van der Waals surface area contributed by atoms with Gasteiger partial charge in [0.05, 0.1) is 5.92 Å². The zero-order chi connectivity index (χ0) is 14.4. The van der Waals surface area contributed by atoms with Crippen molar-refractivity contribution in [3.05, 3.63) is 0 Å². The molecule has 2 amide bonds. The molecule has 0 bridgehead atoms. The topological polar surface area (TPSA) is 78.4 Å². The normalized spacial score (nSPS) is 26.3. The Kier molecular flexibility index (Phi) is 6.12. The van der Waals surface area contributed by atoms with E-state index in [0.717, 1.165) is 0 Å². The van der Waals surface area contributed by atoms with Crippen molar-refractivity contribution in [2.24, 2.45) is 17.8 Å². The first-order valence-corrected chi connectivity index (χ1v) is 7.19. The molecule has 1 saturated carbocycles. The van der Waals surface area contributed by atoms with Gasteiger partial charge in [-0.05, 0) is 32.1 Å². The molecule has 4 unspecified atom stereocenters. The summed E-state index contributed by atoms with van der Waals surface area (Å²) in [5.41, 5.74) is 0. The number of carboxylic acids is 1. The van der Waals surface area contributed by atoms with E-state index in [0.29, 0.717) is 18.4 Å². The average Bonchev–Trinajstić information content (AvgIpc) is 2.36. The molecule has 0 aromatic carbocycles. The summed E-state index contributed by atoms with van der Waals surface area (Å²) in [5.74, 6) is -0.274. The zero-order valence-electron chi connectivity index (χ0n) is 12.1. The first kappa shape index (κ1) is 15.8. The van der Waals surface area contributed by atoms with E-state index in [4.69, 9.17) is 5.11 Å². The molecule has 5 nitrogen and oxygen atoms in total. The molecule has 5 heteroatoms. The van der Waals surface area contributed by atoms with Crippen LogP contribution in [0.15, 0.2) is 0 Å². The smallest absolute Gasteiger partial charge is 0.315 e. The van der Waals surface area contributed by atoms with Gasteiger partial charge in [0.2, 0.25) is 0 Å². The van der Waals surface area contributed by atoms with Gasteiger partial charge in [-0.25, -0.2) is 4.79 Å². The van der Waals surface area contributed by atoms with E-state index in [2.05, 4.69) is 17.6 Å². The van der Waals surface area contributed by atoms with Crippen LogP contribution in [-0.4, -0.2) is 29.7 Å². The molecule has 0 spiro atoms. The largest absolute Gasteiger partial charge is 0.481 e. The Morgan fingerprint density at radius 1 is 1.26 bits per heavy atom. The fraction of sp³-hybridized carbons (Fsp3) is 0.857. The van der Waals surface area contributed by atoms with Crippen molar-refractivity contribution in [1.29, 1.82) is 0 Å². The highest BCUT2D eigenvalue weighted by Crippen LogP contribution is 2.28. The highest BCUT2D eigenvalue weighted by Gasteiger charge is 2.23. The van der Waals surface area contributed by atoms with Crippen LogP contribution in [0.2, 0.25) is 0 Å². The van der Waals surface area contributed by atoms with Gasteiger partial charge in [0, 0.05) is 12.6 Å². The maximum Gasteiger partial charge on any atom is 0.315 e. The number of amides is 2. The Bertz CT molecular complexity index is 320. The second-order valence-electron chi connectivity index (χ2n) is 5.79. The lowest BCUT2D eigenvalue weighted by molar-refractivity contribution is -0.141. The third kappa shape index (κ3) is 5.09. The summed E-state index contributed by atoms with van der Waals surface area (Å²) in [6.45, 7) is 6.22. The Morgan fingerprint density at radius 2 is 1.89 bits per heavy atom. The fourth-order valence-corrected chi connectivity index (χ4v) is 2.52. The summed E-state index contributed by atoms with van der Waals surface area (Å²) in [7, 11) is 0. The molecule has 1 fully saturated rings. The van der Waals surface area contributed by atoms with Crippen molar-refractivity contribution in [3.8, 4) is 0 Å². The van der Waals surface area contributed by atoms with Gasteiger partial charge in [-0.15, -0.1) is 0 Å². The Labute approximate surface area is 115 Å². The molecule has 4 atom stereocenters. The highest BCUT2D eigenvalue weighted by molar-refractivity contribution is 5.76. The number of urea groups is 1. The second kappa shape index (κ2) is 7.36. The van der Waals surface area contributed by atoms with Gasteiger partial charge in [0.15, 0.2) is 0 Å². The number of carboxylic acid groups (broad SMARTS) is 1. The van der Waals surface area contributed by atoms with E-state index in [9.17, 15) is 9.59 Å². The van der Waals surface area contributed by atoms with Crippen LogP contribution in [0.4, 0.5) is 4.79 Å². The lowest BCUT2D eigenvalue weighted by atomic mass is 9.80. The van der Waals surface area contributed by atoms with E-state index in [1.54, 1.807) is 13.8 Å². The first-order chi connectivity index (χ1) is 8.91. The molecule has 0 saturated heterocycles. The minimum atomic E-state index is -0.895. The summed E-state index contributed by atoms with van der Waals surface area (Å²) in [6, 6.07) is -0.639. The molecular weight excluding hydrogens is 244 g/mol. The SMILES string of the molecule is CC1CCCCC1CNC(=O)NC(C)C(C)C(=O)O. The predicted octanol–water partition coefficient (Wildman–Crippen LogP) is 2.22. The summed E-state index contributed by atoms with van der Waals surface area (Å²) >= 11 is 0. The van der Waals surface area contributed by atoms with E-state index >= 15 is 0 Å². The monoisotopic (exact) mass is 270 g/mol. The van der Waals surface area contributed by atoms with Crippen LogP contribution in [-0.2, 0) is 4.79 Å². The number of aliphatic carboxylic acids is 1. The minimum absolute atomic E-state index is 0.265. The molecule has 110 valence electrons. The van der Waals surface area contributed by atoms with Crippen LogP contribution in [0.3, 0.4) is 0 Å². The van der Waals surface area contributed by atoms with Gasteiger partial charge in [-0.3, -0.25) is 4.79 Å². The van der Waals surface area contributed by atoms with Crippen LogP contribution in [0.25, 0.3) is 0 Å². The predicted molar refractivity (Wildman–Crippen MR) is 73.9 cm³/mol. The third-order valence-electron chi connectivity index (χ3n) is 4.31. The Balaban J connectivity index is 2.29. The summed E-state index contributed by atoms with van der Waals surface area (Å²) in [6.07, 6.45) is 4.94. The van der Waals surface area contributed by atoms with Gasteiger partial charge in [0.1, 0.15) is 0 Å². The standard InChI is InChI=1S/C14H26N2O3/c1-9-6-4-5-7-12(9)8-15-14(19)16-11(3)10(2)13(17)18/h9-12H,4-8H2,1-3H3,(H,17,18)(H2,15,16,19). The van der Waals surface area contributed by atoms with Gasteiger partial charge in [-0.1, -0.05) is 26.2 Å². The number of hydrogen-bond donors (Lipinski definition) is 3. The van der Waals surface area contributed by atoms with Gasteiger partial charge in [-0.2, -0.15) is 0 Å². The number of rotatable bonds is 5. The highest BCUT2D eigenvalue weighted by atomic mass is 16.4. The van der Waals surface area contributed by atoms with Crippen molar-refractivity contribution < 1.29 is 14.7 Å². The summed E-state index contributed by atoms with van der Waals surface area (Å²) in [5, 5.41) is 14.4. The van der Waals surface area contributed by atoms with Gasteiger partial charge >= 0.3 is 12.0 Å². The van der Waals surface area contributed by atoms with Crippen molar-refractivity contribution >= 4 is 12.0 Å². The van der Waals surface area contributed by atoms with Crippen molar-refractivity contribution in [2.75, 3.05) is 6.54 Å². The molecule has 1 rings (SSSR count). The van der Waals surface area contributed by atoms with Crippen LogP contribution >= 0.6 is 0 Å². The van der Waals surface area contributed by atoms with Crippen LogP contribution in [0, 0.1) is 17.8 Å². The number of hydrogen-bond acceptors (Lipinski definition) is 2. The number of nitrogens with one attached hydrogen (secondary N) is 2. The molecule has 0 aromatic rings. The first-order valence-electron chi connectivity index (χ1n) is 7.19. The lowest BCUT2D eigenvalue weighted by Gasteiger charge is -2.29. The molecule has 0 heterocycles. The van der Waals surface area contributed by atoms with Crippen LogP contribution in [0.5, 0.6) is 0 Å². The van der Waals surface area contributed by atoms with E-state index in [-0.39, 0.29) is 12.1 Å². The van der Waals surface area contributed by atoms with Gasteiger partial charge in [0.25, 0.3) is 0 Å². The van der Waals surface area contributed by atoms with Crippen molar-refractivity contribution in [3.63, 3.8) is 0 Å². The molecule has 3 N–H and O–H groups in total. The van der Waals surface area contributed by atoms with E-state index in [1.165, 1.54) is 25.7 Å². The number of carbonyl (C=O) groups is 2. The van der Waals surface area contributed by atoms with E-state index < -0.39 is 11.9 Å². The van der Waals surface area contributed by atoms with Crippen molar-refractivity contribution in [1.82, 2.24) is 10.6 Å². The maximum absolute atomic E-state index is 11.7.